The molecular weight excluding hydrogens is 310 g/mol. The monoisotopic (exact) mass is 327 g/mol. The normalized spacial score (nSPS) is 14.3. The number of hydrogen-bond donors (Lipinski definition) is 0. The Kier molecular flexibility index (Phi) is 3.57. The molecule has 2 aromatic heterocycles. The van der Waals surface area contributed by atoms with Crippen LogP contribution in [0.1, 0.15) is 36.0 Å². The van der Waals surface area contributed by atoms with E-state index in [1.165, 1.54) is 24.2 Å². The van der Waals surface area contributed by atoms with E-state index in [4.69, 9.17) is 0 Å². The first-order valence-electron chi connectivity index (χ1n) is 7.75. The van der Waals surface area contributed by atoms with Crippen LogP contribution in [0.25, 0.3) is 4.96 Å². The summed E-state index contributed by atoms with van der Waals surface area (Å²) in [5, 5.41) is 13.9. The Bertz CT molecular complexity index is 837. The van der Waals surface area contributed by atoms with Crippen molar-refractivity contribution in [2.24, 2.45) is 0 Å². The zero-order valence-electron chi connectivity index (χ0n) is 12.8. The average Bonchev–Trinajstić information content (AvgIpc) is 3.22. The van der Waals surface area contributed by atoms with Gasteiger partial charge in [-0.25, -0.2) is 0 Å². The van der Waals surface area contributed by atoms with E-state index in [1.54, 1.807) is 11.9 Å². The highest BCUT2D eigenvalue weighted by atomic mass is 32.1. The second-order valence-corrected chi connectivity index (χ2v) is 6.85. The van der Waals surface area contributed by atoms with Crippen molar-refractivity contribution >= 4 is 27.9 Å². The number of para-hydroxylation sites is 1. The van der Waals surface area contributed by atoms with Crippen LogP contribution in [0.2, 0.25) is 0 Å². The molecule has 0 saturated heterocycles. The molecule has 3 aromatic rings. The van der Waals surface area contributed by atoms with Crippen LogP contribution in [0.15, 0.2) is 30.3 Å². The topological polar surface area (TPSA) is 63.4 Å². The average molecular weight is 327 g/mol. The molecule has 0 spiro atoms. The van der Waals surface area contributed by atoms with Crippen molar-refractivity contribution in [1.29, 1.82) is 0 Å². The molecule has 0 N–H and O–H groups in total. The molecule has 118 valence electrons. The number of rotatable bonds is 5. The summed E-state index contributed by atoms with van der Waals surface area (Å²) in [5.41, 5.74) is 0.909. The third-order valence-electron chi connectivity index (χ3n) is 4.07. The van der Waals surface area contributed by atoms with E-state index >= 15 is 0 Å². The maximum absolute atomic E-state index is 12.3. The first-order valence-corrected chi connectivity index (χ1v) is 8.56. The lowest BCUT2D eigenvalue weighted by molar-refractivity contribution is -0.118. The largest absolute Gasteiger partial charge is 0.315 e. The van der Waals surface area contributed by atoms with Crippen LogP contribution in [0, 0.1) is 0 Å². The molecule has 1 aliphatic rings. The van der Waals surface area contributed by atoms with Gasteiger partial charge in [0.2, 0.25) is 10.9 Å². The number of carbonyl (C=O) groups excluding carboxylic acids is 1. The standard InChI is InChI=1S/C16H17N5OS/c1-20(12-5-3-2-4-6-12)14(22)10-9-13-19-21-15(11-7-8-11)17-18-16(21)23-13/h2-6,11H,7-10H2,1H3. The highest BCUT2D eigenvalue weighted by molar-refractivity contribution is 7.16. The molecule has 4 rings (SSSR count). The molecule has 0 bridgehead atoms. The fourth-order valence-corrected chi connectivity index (χ4v) is 3.39. The fourth-order valence-electron chi connectivity index (χ4n) is 2.55. The number of hydrogen-bond acceptors (Lipinski definition) is 5. The van der Waals surface area contributed by atoms with Crippen molar-refractivity contribution in [3.05, 3.63) is 41.2 Å². The van der Waals surface area contributed by atoms with Gasteiger partial charge in [-0.1, -0.05) is 29.5 Å². The Labute approximate surface area is 137 Å². The van der Waals surface area contributed by atoms with Gasteiger partial charge in [-0.05, 0) is 25.0 Å². The lowest BCUT2D eigenvalue weighted by Gasteiger charge is -2.16. The maximum atomic E-state index is 12.3. The van der Waals surface area contributed by atoms with E-state index in [0.29, 0.717) is 18.8 Å². The molecule has 23 heavy (non-hydrogen) atoms. The maximum Gasteiger partial charge on any atom is 0.234 e. The molecule has 1 aliphatic carbocycles. The van der Waals surface area contributed by atoms with Crippen molar-refractivity contribution in [3.8, 4) is 0 Å². The van der Waals surface area contributed by atoms with Gasteiger partial charge in [0.1, 0.15) is 5.01 Å². The minimum absolute atomic E-state index is 0.0876. The SMILES string of the molecule is CN(C(=O)CCc1nn2c(C3CC3)nnc2s1)c1ccccc1. The van der Waals surface area contributed by atoms with Crippen molar-refractivity contribution in [1.82, 2.24) is 19.8 Å². The highest BCUT2D eigenvalue weighted by Crippen LogP contribution is 2.39. The molecule has 0 aliphatic heterocycles. The van der Waals surface area contributed by atoms with Gasteiger partial charge in [-0.15, -0.1) is 10.2 Å². The molecule has 6 nitrogen and oxygen atoms in total. The molecule has 0 unspecified atom stereocenters. The van der Waals surface area contributed by atoms with Crippen LogP contribution in [-0.2, 0) is 11.2 Å². The Morgan fingerprint density at radius 2 is 2.09 bits per heavy atom. The number of aromatic nitrogens is 4. The van der Waals surface area contributed by atoms with Gasteiger partial charge in [0.25, 0.3) is 0 Å². The Hall–Kier alpha value is -2.28. The minimum atomic E-state index is 0.0876. The van der Waals surface area contributed by atoms with E-state index < -0.39 is 0 Å². The molecule has 0 atom stereocenters. The van der Waals surface area contributed by atoms with Gasteiger partial charge in [0, 0.05) is 31.5 Å². The Morgan fingerprint density at radius 1 is 1.30 bits per heavy atom. The molecule has 1 aromatic carbocycles. The molecule has 1 saturated carbocycles. The van der Waals surface area contributed by atoms with Crippen LogP contribution < -0.4 is 4.90 Å². The fraction of sp³-hybridized carbons (Fsp3) is 0.375. The number of anilines is 1. The smallest absolute Gasteiger partial charge is 0.234 e. The number of nitrogens with zero attached hydrogens (tertiary/aromatic N) is 5. The first-order chi connectivity index (χ1) is 11.2. The van der Waals surface area contributed by atoms with Crippen LogP contribution in [-0.4, -0.2) is 32.8 Å². The van der Waals surface area contributed by atoms with Crippen LogP contribution in [0.3, 0.4) is 0 Å². The molecular formula is C16H17N5OS. The predicted octanol–water partition coefficient (Wildman–Crippen LogP) is 2.66. The summed E-state index contributed by atoms with van der Waals surface area (Å²) in [5.74, 6) is 1.57. The third kappa shape index (κ3) is 2.84. The molecule has 2 heterocycles. The first kappa shape index (κ1) is 14.3. The summed E-state index contributed by atoms with van der Waals surface area (Å²) in [4.78, 5) is 14.8. The summed E-state index contributed by atoms with van der Waals surface area (Å²) in [6.07, 6.45) is 3.42. The van der Waals surface area contributed by atoms with Crippen molar-refractivity contribution in [3.63, 3.8) is 0 Å². The molecule has 1 fully saturated rings. The Morgan fingerprint density at radius 3 is 2.83 bits per heavy atom. The van der Waals surface area contributed by atoms with Gasteiger partial charge in [0.05, 0.1) is 0 Å². The lowest BCUT2D eigenvalue weighted by Crippen LogP contribution is -2.26. The summed E-state index contributed by atoms with van der Waals surface area (Å²) < 4.78 is 1.85. The second kappa shape index (κ2) is 5.73. The van der Waals surface area contributed by atoms with Crippen molar-refractivity contribution in [2.45, 2.75) is 31.6 Å². The van der Waals surface area contributed by atoms with E-state index in [-0.39, 0.29) is 5.91 Å². The second-order valence-electron chi connectivity index (χ2n) is 5.81. The third-order valence-corrected chi connectivity index (χ3v) is 5.03. The van der Waals surface area contributed by atoms with Gasteiger partial charge in [-0.3, -0.25) is 4.79 Å². The van der Waals surface area contributed by atoms with E-state index in [9.17, 15) is 4.79 Å². The number of benzene rings is 1. The van der Waals surface area contributed by atoms with Gasteiger partial charge >= 0.3 is 0 Å². The van der Waals surface area contributed by atoms with Crippen LogP contribution in [0.4, 0.5) is 5.69 Å². The predicted molar refractivity (Wildman–Crippen MR) is 88.8 cm³/mol. The molecule has 7 heteroatoms. The summed E-state index contributed by atoms with van der Waals surface area (Å²) in [7, 11) is 1.81. The number of aryl methyl sites for hydroxylation is 1. The zero-order valence-corrected chi connectivity index (χ0v) is 13.7. The molecule has 0 radical (unpaired) electrons. The summed E-state index contributed by atoms with van der Waals surface area (Å²) in [6.45, 7) is 0. The number of amides is 1. The van der Waals surface area contributed by atoms with Crippen molar-refractivity contribution < 1.29 is 4.79 Å². The highest BCUT2D eigenvalue weighted by Gasteiger charge is 2.30. The van der Waals surface area contributed by atoms with Gasteiger partial charge < -0.3 is 4.90 Å². The quantitative estimate of drug-likeness (QED) is 0.723. The number of fused-ring (bicyclic) bond motifs is 1. The van der Waals surface area contributed by atoms with Gasteiger partial charge in [-0.2, -0.15) is 9.61 Å². The molecule has 1 amide bonds. The van der Waals surface area contributed by atoms with Crippen LogP contribution in [0.5, 0.6) is 0 Å². The number of carbonyl (C=O) groups is 1. The zero-order chi connectivity index (χ0) is 15.8. The lowest BCUT2D eigenvalue weighted by atomic mass is 10.2. The summed E-state index contributed by atoms with van der Waals surface area (Å²) >= 11 is 1.52. The Balaban J connectivity index is 1.43. The van der Waals surface area contributed by atoms with Crippen molar-refractivity contribution in [2.75, 3.05) is 11.9 Å². The van der Waals surface area contributed by atoms with Gasteiger partial charge in [0.15, 0.2) is 5.82 Å². The van der Waals surface area contributed by atoms with E-state index in [0.717, 1.165) is 21.5 Å². The minimum Gasteiger partial charge on any atom is -0.315 e. The van der Waals surface area contributed by atoms with E-state index in [2.05, 4.69) is 15.3 Å². The summed E-state index contributed by atoms with van der Waals surface area (Å²) in [6, 6.07) is 9.67. The van der Waals surface area contributed by atoms with Crippen LogP contribution >= 0.6 is 11.3 Å². The van der Waals surface area contributed by atoms with E-state index in [1.807, 2.05) is 34.8 Å².